The molecule has 2 N–H and O–H groups in total. The summed E-state index contributed by atoms with van der Waals surface area (Å²) in [5.41, 5.74) is 1.21. The number of nitrogens with zero attached hydrogens (tertiary/aromatic N) is 2. The summed E-state index contributed by atoms with van der Waals surface area (Å²) in [7, 11) is 1.57. The van der Waals surface area contributed by atoms with Crippen LogP contribution < -0.4 is 15.6 Å². The summed E-state index contributed by atoms with van der Waals surface area (Å²) in [6.45, 7) is 3.29. The highest BCUT2D eigenvalue weighted by molar-refractivity contribution is 7.16. The zero-order valence-electron chi connectivity index (χ0n) is 18.4. The van der Waals surface area contributed by atoms with Crippen molar-refractivity contribution in [2.45, 2.75) is 32.4 Å². The number of ether oxygens (including phenoxy) is 2. The van der Waals surface area contributed by atoms with E-state index in [1.807, 2.05) is 23.6 Å². The number of benzene rings is 1. The van der Waals surface area contributed by atoms with Crippen molar-refractivity contribution in [1.82, 2.24) is 19.7 Å². The first kappa shape index (κ1) is 23.7. The fraction of sp³-hybridized carbons (Fsp3) is 0.435. The molecule has 33 heavy (non-hydrogen) atoms. The molecular weight excluding hydrogens is 464 g/mol. The van der Waals surface area contributed by atoms with Gasteiger partial charge in [0.05, 0.1) is 25.6 Å². The second kappa shape index (κ2) is 11.1. The van der Waals surface area contributed by atoms with Crippen molar-refractivity contribution >= 4 is 39.2 Å². The third-order valence-corrected chi connectivity index (χ3v) is 6.98. The number of hydrogen-bond acceptors (Lipinski definition) is 7. The Morgan fingerprint density at radius 1 is 1.33 bits per heavy atom. The van der Waals surface area contributed by atoms with E-state index in [0.29, 0.717) is 35.1 Å². The molecule has 10 heteroatoms. The number of methoxy groups -OCH3 is 1. The molecule has 3 heterocycles. The number of fused-ring (bicyclic) bond motifs is 1. The zero-order chi connectivity index (χ0) is 23.2. The van der Waals surface area contributed by atoms with Gasteiger partial charge in [-0.15, -0.1) is 11.3 Å². The largest absolute Gasteiger partial charge is 0.497 e. The molecule has 1 aliphatic rings. The van der Waals surface area contributed by atoms with Crippen LogP contribution in [0.5, 0.6) is 5.75 Å². The van der Waals surface area contributed by atoms with Gasteiger partial charge >= 0.3 is 5.91 Å². The van der Waals surface area contributed by atoms with Gasteiger partial charge in [-0.2, -0.15) is 0 Å². The van der Waals surface area contributed by atoms with Crippen molar-refractivity contribution in [2.75, 3.05) is 26.8 Å². The van der Waals surface area contributed by atoms with Crippen LogP contribution in [0.3, 0.4) is 0 Å². The molecule has 0 radical (unpaired) electrons. The standard InChI is InChI=1S/C23H27ClN4O4S/c1-31-18-4-2-3-16(11-18)12-28(24)23(30)20-26-21(29)19-17(14-33-22(19)27-20)13-32-10-7-15-5-8-25-9-6-15/h2-4,11,14-15,25H,5-10,12-13H2,1H3,(H,26,27,29). The minimum absolute atomic E-state index is 0.0920. The Balaban J connectivity index is 1.40. The molecule has 0 spiro atoms. The maximum absolute atomic E-state index is 12.8. The van der Waals surface area contributed by atoms with Crippen molar-refractivity contribution in [3.05, 3.63) is 57.0 Å². The van der Waals surface area contributed by atoms with Crippen molar-refractivity contribution in [2.24, 2.45) is 5.92 Å². The molecule has 0 bridgehead atoms. The number of thiophene rings is 1. The topological polar surface area (TPSA) is 96.5 Å². The molecule has 176 valence electrons. The highest BCUT2D eigenvalue weighted by Gasteiger charge is 2.20. The third kappa shape index (κ3) is 5.92. The number of carbonyl (C=O) groups is 1. The third-order valence-electron chi connectivity index (χ3n) is 5.79. The monoisotopic (exact) mass is 490 g/mol. The Bertz CT molecular complexity index is 1160. The lowest BCUT2D eigenvalue weighted by atomic mass is 9.95. The van der Waals surface area contributed by atoms with Gasteiger partial charge in [-0.25, -0.2) is 9.40 Å². The molecule has 0 atom stereocenters. The van der Waals surface area contributed by atoms with Crippen LogP contribution in [0, 0.1) is 5.92 Å². The van der Waals surface area contributed by atoms with Crippen LogP contribution in [0.4, 0.5) is 0 Å². The molecule has 0 aliphatic carbocycles. The van der Waals surface area contributed by atoms with Crippen molar-refractivity contribution in [3.8, 4) is 5.75 Å². The molecule has 0 saturated carbocycles. The predicted octanol–water partition coefficient (Wildman–Crippen LogP) is 3.70. The highest BCUT2D eigenvalue weighted by Crippen LogP contribution is 2.23. The van der Waals surface area contributed by atoms with Gasteiger partial charge in [0.25, 0.3) is 5.56 Å². The van der Waals surface area contributed by atoms with E-state index in [1.54, 1.807) is 13.2 Å². The van der Waals surface area contributed by atoms with Crippen LogP contribution in [0.2, 0.25) is 0 Å². The van der Waals surface area contributed by atoms with E-state index >= 15 is 0 Å². The first-order chi connectivity index (χ1) is 16.0. The van der Waals surface area contributed by atoms with E-state index in [0.717, 1.165) is 35.1 Å². The van der Waals surface area contributed by atoms with E-state index in [-0.39, 0.29) is 17.9 Å². The van der Waals surface area contributed by atoms with Crippen LogP contribution in [-0.2, 0) is 17.9 Å². The van der Waals surface area contributed by atoms with E-state index < -0.39 is 5.91 Å². The Morgan fingerprint density at radius 2 is 2.15 bits per heavy atom. The molecule has 3 aromatic rings. The summed E-state index contributed by atoms with van der Waals surface area (Å²) in [5, 5.41) is 5.69. The average molecular weight is 491 g/mol. The summed E-state index contributed by atoms with van der Waals surface area (Å²) in [6, 6.07) is 7.25. The molecule has 0 unspecified atom stereocenters. The van der Waals surface area contributed by atoms with E-state index in [4.69, 9.17) is 21.3 Å². The summed E-state index contributed by atoms with van der Waals surface area (Å²) >= 11 is 7.53. The summed E-state index contributed by atoms with van der Waals surface area (Å²) < 4.78 is 12.0. The van der Waals surface area contributed by atoms with Gasteiger partial charge in [0.15, 0.2) is 0 Å². The van der Waals surface area contributed by atoms with E-state index in [2.05, 4.69) is 15.3 Å². The first-order valence-electron chi connectivity index (χ1n) is 10.9. The zero-order valence-corrected chi connectivity index (χ0v) is 20.0. The van der Waals surface area contributed by atoms with Gasteiger partial charge < -0.3 is 19.8 Å². The van der Waals surface area contributed by atoms with Crippen molar-refractivity contribution < 1.29 is 14.3 Å². The molecule has 1 saturated heterocycles. The number of amides is 1. The fourth-order valence-corrected chi connectivity index (χ4v) is 5.08. The quantitative estimate of drug-likeness (QED) is 0.351. The molecule has 4 rings (SSSR count). The first-order valence-corrected chi connectivity index (χ1v) is 12.2. The molecule has 1 aromatic carbocycles. The Labute approximate surface area is 201 Å². The number of rotatable bonds is 9. The Hall–Kier alpha value is -2.46. The molecule has 1 aliphatic heterocycles. The van der Waals surface area contributed by atoms with E-state index in [9.17, 15) is 9.59 Å². The van der Waals surface area contributed by atoms with E-state index in [1.165, 1.54) is 24.2 Å². The minimum Gasteiger partial charge on any atom is -0.497 e. The normalized spacial score (nSPS) is 14.5. The molecule has 8 nitrogen and oxygen atoms in total. The summed E-state index contributed by atoms with van der Waals surface area (Å²) in [4.78, 5) is 33.0. The number of aromatic nitrogens is 2. The lowest BCUT2D eigenvalue weighted by molar-refractivity contribution is 0.0845. The number of H-pyrrole nitrogens is 1. The predicted molar refractivity (Wildman–Crippen MR) is 129 cm³/mol. The number of nitrogens with one attached hydrogen (secondary N) is 2. The van der Waals surface area contributed by atoms with Crippen LogP contribution >= 0.6 is 23.1 Å². The van der Waals surface area contributed by atoms with Crippen LogP contribution in [0.25, 0.3) is 10.2 Å². The number of piperidine rings is 1. The summed E-state index contributed by atoms with van der Waals surface area (Å²) in [5.74, 6) is 0.693. The molecule has 1 fully saturated rings. The van der Waals surface area contributed by atoms with Gasteiger partial charge in [-0.05, 0) is 61.3 Å². The number of carbonyl (C=O) groups excluding carboxylic acids is 1. The van der Waals surface area contributed by atoms with Crippen molar-refractivity contribution in [1.29, 1.82) is 0 Å². The van der Waals surface area contributed by atoms with Gasteiger partial charge in [0, 0.05) is 23.9 Å². The maximum Gasteiger partial charge on any atom is 0.304 e. The SMILES string of the molecule is COc1cccc(CN(Cl)C(=O)c2nc3scc(COCCC4CCNCC4)c3c(=O)[nH]2)c1. The van der Waals surface area contributed by atoms with Crippen LogP contribution in [0.15, 0.2) is 34.4 Å². The lowest BCUT2D eigenvalue weighted by Crippen LogP contribution is -2.28. The Kier molecular flexibility index (Phi) is 7.97. The summed E-state index contributed by atoms with van der Waals surface area (Å²) in [6.07, 6.45) is 3.39. The van der Waals surface area contributed by atoms with Gasteiger partial charge in [0.1, 0.15) is 10.6 Å². The number of hydrogen-bond donors (Lipinski definition) is 2. The average Bonchev–Trinajstić information content (AvgIpc) is 3.25. The van der Waals surface area contributed by atoms with Gasteiger partial charge in [-0.1, -0.05) is 12.1 Å². The second-order valence-electron chi connectivity index (χ2n) is 8.07. The van der Waals surface area contributed by atoms with Crippen molar-refractivity contribution in [3.63, 3.8) is 0 Å². The van der Waals surface area contributed by atoms with Crippen LogP contribution in [0.1, 0.15) is 41.0 Å². The molecule has 2 aromatic heterocycles. The number of aromatic amines is 1. The smallest absolute Gasteiger partial charge is 0.304 e. The second-order valence-corrected chi connectivity index (χ2v) is 9.33. The minimum atomic E-state index is -0.577. The molecular formula is C23H27ClN4O4S. The number of halogens is 1. The maximum atomic E-state index is 12.8. The molecule has 1 amide bonds. The fourth-order valence-electron chi connectivity index (χ4n) is 3.93. The Morgan fingerprint density at radius 3 is 2.94 bits per heavy atom. The van der Waals surface area contributed by atoms with Gasteiger partial charge in [-0.3, -0.25) is 9.59 Å². The lowest BCUT2D eigenvalue weighted by Gasteiger charge is -2.22. The highest BCUT2D eigenvalue weighted by atomic mass is 35.5. The van der Waals surface area contributed by atoms with Gasteiger partial charge in [0.2, 0.25) is 5.82 Å². The van der Waals surface area contributed by atoms with Crippen LogP contribution in [-0.4, -0.2) is 47.1 Å².